The second-order valence-corrected chi connectivity index (χ2v) is 6.04. The number of unbranched alkanes of at least 4 members (excludes halogenated alkanes) is 3. The van der Waals surface area contributed by atoms with E-state index in [1.54, 1.807) is 6.92 Å². The largest absolute Gasteiger partial charge is 0.494 e. The molecule has 0 saturated carbocycles. The number of hydrogen-bond acceptors (Lipinski definition) is 4. The topological polar surface area (TPSA) is 76.7 Å². The molecule has 1 heterocycles. The second-order valence-electron chi connectivity index (χ2n) is 6.04. The Balaban J connectivity index is 2.08. The predicted molar refractivity (Wildman–Crippen MR) is 95.2 cm³/mol. The Labute approximate surface area is 148 Å². The van der Waals surface area contributed by atoms with Gasteiger partial charge in [0, 0.05) is 5.70 Å². The van der Waals surface area contributed by atoms with E-state index >= 15 is 0 Å². The van der Waals surface area contributed by atoms with Crippen molar-refractivity contribution in [2.45, 2.75) is 45.6 Å². The molecule has 1 aromatic carbocycles. The highest BCUT2D eigenvalue weighted by molar-refractivity contribution is 5.94. The van der Waals surface area contributed by atoms with Crippen LogP contribution in [0.3, 0.4) is 0 Å². The monoisotopic (exact) mass is 346 g/mol. The van der Waals surface area contributed by atoms with E-state index < -0.39 is 12.0 Å². The first-order valence-electron chi connectivity index (χ1n) is 8.66. The summed E-state index contributed by atoms with van der Waals surface area (Å²) in [5.41, 5.74) is 1.69. The molecule has 0 spiro atoms. The molecule has 1 aliphatic heterocycles. The highest BCUT2D eigenvalue weighted by atomic mass is 16.5. The average molecular weight is 346 g/mol. The van der Waals surface area contributed by atoms with Gasteiger partial charge in [-0.15, -0.1) is 0 Å². The summed E-state index contributed by atoms with van der Waals surface area (Å²) < 4.78 is 10.6. The van der Waals surface area contributed by atoms with Crippen molar-refractivity contribution in [3.63, 3.8) is 0 Å². The summed E-state index contributed by atoms with van der Waals surface area (Å²) in [6.45, 7) is 4.56. The van der Waals surface area contributed by atoms with Crippen molar-refractivity contribution in [1.82, 2.24) is 10.6 Å². The van der Waals surface area contributed by atoms with Crippen LogP contribution in [0, 0.1) is 0 Å². The lowest BCUT2D eigenvalue weighted by Crippen LogP contribution is -2.45. The summed E-state index contributed by atoms with van der Waals surface area (Å²) in [5, 5.41) is 5.37. The molecule has 0 aliphatic carbocycles. The summed E-state index contributed by atoms with van der Waals surface area (Å²) in [4.78, 5) is 23.8. The Morgan fingerprint density at radius 1 is 1.16 bits per heavy atom. The minimum absolute atomic E-state index is 0.341. The first kappa shape index (κ1) is 18.8. The molecule has 0 radical (unpaired) electrons. The van der Waals surface area contributed by atoms with Crippen LogP contribution < -0.4 is 15.4 Å². The SMILES string of the molecule is CCCCCCOc1ccc(C2NC(=O)NC(C)=C2C(=O)OC)cc1. The number of carbonyl (C=O) groups is 2. The molecule has 0 saturated heterocycles. The molecule has 2 amide bonds. The van der Waals surface area contributed by atoms with Crippen molar-refractivity contribution < 1.29 is 19.1 Å². The number of allylic oxidation sites excluding steroid dienone is 1. The maximum absolute atomic E-state index is 12.1. The maximum Gasteiger partial charge on any atom is 0.337 e. The quantitative estimate of drug-likeness (QED) is 0.558. The zero-order valence-electron chi connectivity index (χ0n) is 15.1. The maximum atomic E-state index is 12.1. The van der Waals surface area contributed by atoms with Gasteiger partial charge in [0.05, 0.1) is 25.3 Å². The molecule has 6 heteroatoms. The Morgan fingerprint density at radius 3 is 2.52 bits per heavy atom. The number of urea groups is 1. The highest BCUT2D eigenvalue weighted by Crippen LogP contribution is 2.28. The number of ether oxygens (including phenoxy) is 2. The Morgan fingerprint density at radius 2 is 1.88 bits per heavy atom. The number of carbonyl (C=O) groups excluding carboxylic acids is 2. The average Bonchev–Trinajstić information content (AvgIpc) is 2.61. The van der Waals surface area contributed by atoms with E-state index in [2.05, 4.69) is 17.6 Å². The summed E-state index contributed by atoms with van der Waals surface area (Å²) in [6, 6.07) is 6.54. The molecule has 1 unspecified atom stereocenters. The lowest BCUT2D eigenvalue weighted by Gasteiger charge is -2.27. The number of hydrogen-bond donors (Lipinski definition) is 2. The molecular weight excluding hydrogens is 320 g/mol. The molecule has 1 aromatic rings. The molecular formula is C19H26N2O4. The van der Waals surface area contributed by atoms with Crippen LogP contribution in [0.1, 0.15) is 51.1 Å². The lowest BCUT2D eigenvalue weighted by atomic mass is 9.95. The smallest absolute Gasteiger partial charge is 0.337 e. The molecule has 0 fully saturated rings. The third-order valence-corrected chi connectivity index (χ3v) is 4.15. The summed E-state index contributed by atoms with van der Waals surface area (Å²) in [5.74, 6) is 0.312. The molecule has 0 bridgehead atoms. The summed E-state index contributed by atoms with van der Waals surface area (Å²) >= 11 is 0. The fraction of sp³-hybridized carbons (Fsp3) is 0.474. The van der Waals surface area contributed by atoms with E-state index in [0.29, 0.717) is 17.9 Å². The van der Waals surface area contributed by atoms with Gasteiger partial charge < -0.3 is 20.1 Å². The normalized spacial score (nSPS) is 16.9. The van der Waals surface area contributed by atoms with Crippen molar-refractivity contribution in [3.05, 3.63) is 41.1 Å². The van der Waals surface area contributed by atoms with Crippen molar-refractivity contribution in [3.8, 4) is 5.75 Å². The number of amides is 2. The summed E-state index contributed by atoms with van der Waals surface area (Å²) in [7, 11) is 1.32. The Hall–Kier alpha value is -2.50. The van der Waals surface area contributed by atoms with Crippen LogP contribution in [0.5, 0.6) is 5.75 Å². The van der Waals surface area contributed by atoms with Gasteiger partial charge in [-0.1, -0.05) is 38.3 Å². The number of esters is 1. The van der Waals surface area contributed by atoms with Gasteiger partial charge in [0.2, 0.25) is 0 Å². The minimum Gasteiger partial charge on any atom is -0.494 e. The van der Waals surface area contributed by atoms with Crippen LogP contribution in [0.2, 0.25) is 0 Å². The van der Waals surface area contributed by atoms with E-state index in [1.807, 2.05) is 24.3 Å². The summed E-state index contributed by atoms with van der Waals surface area (Å²) in [6.07, 6.45) is 4.63. The van der Waals surface area contributed by atoms with Crippen LogP contribution in [0.4, 0.5) is 4.79 Å². The zero-order chi connectivity index (χ0) is 18.2. The van der Waals surface area contributed by atoms with E-state index in [0.717, 1.165) is 17.7 Å². The fourth-order valence-electron chi connectivity index (χ4n) is 2.80. The zero-order valence-corrected chi connectivity index (χ0v) is 15.1. The molecule has 1 aliphatic rings. The van der Waals surface area contributed by atoms with E-state index in [1.165, 1.54) is 26.4 Å². The van der Waals surface area contributed by atoms with E-state index in [-0.39, 0.29) is 6.03 Å². The highest BCUT2D eigenvalue weighted by Gasteiger charge is 2.31. The number of benzene rings is 1. The molecule has 6 nitrogen and oxygen atoms in total. The first-order chi connectivity index (χ1) is 12.1. The number of rotatable bonds is 8. The Kier molecular flexibility index (Phi) is 6.86. The lowest BCUT2D eigenvalue weighted by molar-refractivity contribution is -0.136. The molecule has 1 atom stereocenters. The van der Waals surface area contributed by atoms with Gasteiger partial charge in [-0.3, -0.25) is 0 Å². The van der Waals surface area contributed by atoms with Crippen molar-refractivity contribution >= 4 is 12.0 Å². The van der Waals surface area contributed by atoms with E-state index in [4.69, 9.17) is 9.47 Å². The van der Waals surface area contributed by atoms with Gasteiger partial charge in [-0.05, 0) is 31.0 Å². The third kappa shape index (κ3) is 4.98. The molecule has 25 heavy (non-hydrogen) atoms. The Bertz CT molecular complexity index is 637. The van der Waals surface area contributed by atoms with Crippen LogP contribution in [0.15, 0.2) is 35.5 Å². The minimum atomic E-state index is -0.542. The van der Waals surface area contributed by atoms with Gasteiger partial charge in [0.25, 0.3) is 0 Å². The standard InChI is InChI=1S/C19H26N2O4/c1-4-5-6-7-12-25-15-10-8-14(9-11-15)17-16(18(22)24-3)13(2)20-19(23)21-17/h8-11,17H,4-7,12H2,1-3H3,(H2,20,21,23). The third-order valence-electron chi connectivity index (χ3n) is 4.15. The van der Waals surface area contributed by atoms with E-state index in [9.17, 15) is 9.59 Å². The molecule has 2 N–H and O–H groups in total. The molecule has 2 rings (SSSR count). The van der Waals surface area contributed by atoms with Gasteiger partial charge in [0.15, 0.2) is 0 Å². The van der Waals surface area contributed by atoms with Crippen molar-refractivity contribution in [2.24, 2.45) is 0 Å². The van der Waals surface area contributed by atoms with Gasteiger partial charge in [0.1, 0.15) is 5.75 Å². The molecule has 0 aromatic heterocycles. The van der Waals surface area contributed by atoms with Crippen LogP contribution in [-0.2, 0) is 9.53 Å². The predicted octanol–water partition coefficient (Wildman–Crippen LogP) is 3.45. The first-order valence-corrected chi connectivity index (χ1v) is 8.66. The van der Waals surface area contributed by atoms with Crippen LogP contribution in [0.25, 0.3) is 0 Å². The van der Waals surface area contributed by atoms with Gasteiger partial charge >= 0.3 is 12.0 Å². The number of methoxy groups -OCH3 is 1. The van der Waals surface area contributed by atoms with Crippen molar-refractivity contribution in [1.29, 1.82) is 0 Å². The van der Waals surface area contributed by atoms with Gasteiger partial charge in [-0.2, -0.15) is 0 Å². The van der Waals surface area contributed by atoms with Crippen LogP contribution in [-0.4, -0.2) is 25.7 Å². The fourth-order valence-corrected chi connectivity index (χ4v) is 2.80. The van der Waals surface area contributed by atoms with Gasteiger partial charge in [-0.25, -0.2) is 9.59 Å². The second kappa shape index (κ2) is 9.11. The molecule has 136 valence electrons. The number of nitrogens with one attached hydrogen (secondary N) is 2. The van der Waals surface area contributed by atoms with Crippen molar-refractivity contribution in [2.75, 3.05) is 13.7 Å². The van der Waals surface area contributed by atoms with Crippen LogP contribution >= 0.6 is 0 Å².